The topological polar surface area (TPSA) is 78.5 Å². The zero-order chi connectivity index (χ0) is 22.4. The maximum Gasteiger partial charge on any atom is 0.251 e. The maximum absolute atomic E-state index is 12.4. The first-order chi connectivity index (χ1) is 14.8. The predicted octanol–water partition coefficient (Wildman–Crippen LogP) is 3.62. The summed E-state index contributed by atoms with van der Waals surface area (Å²) < 4.78 is 0. The van der Waals surface area contributed by atoms with Crippen LogP contribution in [0.3, 0.4) is 0 Å². The largest absolute Gasteiger partial charge is 0.348 e. The van der Waals surface area contributed by atoms with Crippen LogP contribution in [0, 0.1) is 5.92 Å². The van der Waals surface area contributed by atoms with Gasteiger partial charge >= 0.3 is 0 Å². The Labute approximate surface area is 184 Å². The van der Waals surface area contributed by atoms with Gasteiger partial charge in [-0.1, -0.05) is 38.1 Å². The van der Waals surface area contributed by atoms with Crippen molar-refractivity contribution in [2.75, 3.05) is 18.0 Å². The summed E-state index contributed by atoms with van der Waals surface area (Å²) in [7, 11) is 0. The fourth-order valence-electron chi connectivity index (χ4n) is 3.77. The Hall–Kier alpha value is -3.15. The van der Waals surface area contributed by atoms with Crippen LogP contribution in [-0.2, 0) is 16.0 Å². The molecule has 0 radical (unpaired) electrons. The zero-order valence-corrected chi connectivity index (χ0v) is 18.5. The Morgan fingerprint density at radius 2 is 1.68 bits per heavy atom. The summed E-state index contributed by atoms with van der Waals surface area (Å²) in [6.45, 7) is 6.92. The molecule has 0 aliphatic carbocycles. The Bertz CT molecular complexity index is 920. The van der Waals surface area contributed by atoms with Crippen LogP contribution in [0.4, 0.5) is 5.69 Å². The first-order valence-corrected chi connectivity index (χ1v) is 10.9. The molecule has 0 unspecified atom stereocenters. The summed E-state index contributed by atoms with van der Waals surface area (Å²) in [5.41, 5.74) is 3.56. The number of anilines is 1. The van der Waals surface area contributed by atoms with E-state index < -0.39 is 0 Å². The Morgan fingerprint density at radius 3 is 2.26 bits per heavy atom. The minimum Gasteiger partial charge on any atom is -0.348 e. The Balaban J connectivity index is 1.47. The number of hydrogen-bond donors (Lipinski definition) is 2. The highest BCUT2D eigenvalue weighted by Gasteiger charge is 2.21. The number of amides is 3. The van der Waals surface area contributed by atoms with Crippen LogP contribution < -0.4 is 15.5 Å². The van der Waals surface area contributed by atoms with Gasteiger partial charge in [0.15, 0.2) is 0 Å². The molecule has 2 aromatic rings. The number of rotatable bonds is 8. The van der Waals surface area contributed by atoms with Crippen LogP contribution in [-0.4, -0.2) is 30.8 Å². The van der Waals surface area contributed by atoms with E-state index in [2.05, 4.69) is 36.6 Å². The van der Waals surface area contributed by atoms with Crippen molar-refractivity contribution in [2.24, 2.45) is 5.92 Å². The van der Waals surface area contributed by atoms with Crippen molar-refractivity contribution in [2.45, 2.75) is 46.1 Å². The summed E-state index contributed by atoms with van der Waals surface area (Å²) in [6, 6.07) is 15.0. The number of nitrogens with one attached hydrogen (secondary N) is 2. The summed E-state index contributed by atoms with van der Waals surface area (Å²) in [6.07, 6.45) is 2.46. The molecule has 2 N–H and O–H groups in total. The second-order valence-corrected chi connectivity index (χ2v) is 8.51. The molecule has 1 aliphatic heterocycles. The molecule has 1 aliphatic rings. The molecule has 0 aromatic heterocycles. The fraction of sp³-hybridized carbons (Fsp3) is 0.400. The number of carbonyl (C=O) groups is 3. The molecule has 6 heteroatoms. The van der Waals surface area contributed by atoms with Crippen molar-refractivity contribution in [3.05, 3.63) is 65.2 Å². The number of hydrogen-bond acceptors (Lipinski definition) is 3. The van der Waals surface area contributed by atoms with Gasteiger partial charge in [-0.25, -0.2) is 0 Å². The van der Waals surface area contributed by atoms with Gasteiger partial charge in [0.25, 0.3) is 5.91 Å². The minimum absolute atomic E-state index is 0.0963. The fourth-order valence-corrected chi connectivity index (χ4v) is 3.77. The molecular weight excluding hydrogens is 390 g/mol. The van der Waals surface area contributed by atoms with Gasteiger partial charge in [-0.15, -0.1) is 0 Å². The standard InChI is InChI=1S/C25H31N3O3/c1-17(2)15-19-6-8-20(9-7-19)18(3)27-23(29)16-26-25(31)21-10-12-22(13-11-21)28-14-4-5-24(28)30/h6-13,17-18H,4-5,14-16H2,1-3H3,(H,26,31)(H,27,29)/t18-/m1/s1. The summed E-state index contributed by atoms with van der Waals surface area (Å²) in [4.78, 5) is 38.2. The molecule has 0 bridgehead atoms. The molecule has 6 nitrogen and oxygen atoms in total. The van der Waals surface area contributed by atoms with E-state index in [1.165, 1.54) is 5.56 Å². The number of carbonyl (C=O) groups excluding carboxylic acids is 3. The molecule has 1 heterocycles. The molecule has 2 aromatic carbocycles. The van der Waals surface area contributed by atoms with Crippen LogP contribution >= 0.6 is 0 Å². The first kappa shape index (κ1) is 22.5. The summed E-state index contributed by atoms with van der Waals surface area (Å²) in [5, 5.41) is 5.57. The molecule has 1 atom stereocenters. The molecule has 0 saturated carbocycles. The summed E-state index contributed by atoms with van der Waals surface area (Å²) in [5.74, 6) is 0.148. The number of benzene rings is 2. The van der Waals surface area contributed by atoms with Crippen molar-refractivity contribution < 1.29 is 14.4 Å². The average Bonchev–Trinajstić information content (AvgIpc) is 3.18. The van der Waals surface area contributed by atoms with E-state index >= 15 is 0 Å². The maximum atomic E-state index is 12.4. The molecule has 3 amide bonds. The van der Waals surface area contributed by atoms with E-state index in [0.29, 0.717) is 24.4 Å². The van der Waals surface area contributed by atoms with Gasteiger partial charge in [0.05, 0.1) is 12.6 Å². The van der Waals surface area contributed by atoms with Gasteiger partial charge in [0.1, 0.15) is 0 Å². The Kier molecular flexibility index (Phi) is 7.45. The third-order valence-corrected chi connectivity index (χ3v) is 5.43. The molecule has 0 spiro atoms. The zero-order valence-electron chi connectivity index (χ0n) is 18.5. The smallest absolute Gasteiger partial charge is 0.251 e. The van der Waals surface area contributed by atoms with Gasteiger partial charge in [0.2, 0.25) is 11.8 Å². The van der Waals surface area contributed by atoms with Gasteiger partial charge in [0, 0.05) is 24.2 Å². The number of nitrogens with zero attached hydrogens (tertiary/aromatic N) is 1. The van der Waals surface area contributed by atoms with Crippen LogP contribution in [0.25, 0.3) is 0 Å². The first-order valence-electron chi connectivity index (χ1n) is 10.9. The van der Waals surface area contributed by atoms with Crippen molar-refractivity contribution >= 4 is 23.4 Å². The monoisotopic (exact) mass is 421 g/mol. The van der Waals surface area contributed by atoms with Crippen molar-refractivity contribution in [1.82, 2.24) is 10.6 Å². The lowest BCUT2D eigenvalue weighted by atomic mass is 10.00. The van der Waals surface area contributed by atoms with Crippen LogP contribution in [0.2, 0.25) is 0 Å². The van der Waals surface area contributed by atoms with E-state index in [9.17, 15) is 14.4 Å². The highest BCUT2D eigenvalue weighted by Crippen LogP contribution is 2.21. The van der Waals surface area contributed by atoms with E-state index in [4.69, 9.17) is 0 Å². The molecule has 31 heavy (non-hydrogen) atoms. The predicted molar refractivity (Wildman–Crippen MR) is 122 cm³/mol. The van der Waals surface area contributed by atoms with E-state index in [-0.39, 0.29) is 30.3 Å². The van der Waals surface area contributed by atoms with Gasteiger partial charge in [-0.3, -0.25) is 14.4 Å². The average molecular weight is 422 g/mol. The third-order valence-electron chi connectivity index (χ3n) is 5.43. The van der Waals surface area contributed by atoms with Crippen molar-refractivity contribution in [3.8, 4) is 0 Å². The van der Waals surface area contributed by atoms with Crippen LogP contribution in [0.15, 0.2) is 48.5 Å². The van der Waals surface area contributed by atoms with Crippen molar-refractivity contribution in [3.63, 3.8) is 0 Å². The van der Waals surface area contributed by atoms with Gasteiger partial charge < -0.3 is 15.5 Å². The minimum atomic E-state index is -0.319. The highest BCUT2D eigenvalue weighted by atomic mass is 16.2. The van der Waals surface area contributed by atoms with E-state index in [1.807, 2.05) is 19.1 Å². The van der Waals surface area contributed by atoms with E-state index in [1.54, 1.807) is 29.2 Å². The third kappa shape index (κ3) is 6.17. The van der Waals surface area contributed by atoms with Crippen LogP contribution in [0.5, 0.6) is 0 Å². The second kappa shape index (κ2) is 10.2. The normalized spacial score (nSPS) is 14.6. The lowest BCUT2D eigenvalue weighted by Crippen LogP contribution is -2.38. The molecular formula is C25H31N3O3. The lowest BCUT2D eigenvalue weighted by molar-refractivity contribution is -0.120. The summed E-state index contributed by atoms with van der Waals surface area (Å²) >= 11 is 0. The van der Waals surface area contributed by atoms with Gasteiger partial charge in [-0.05, 0) is 61.1 Å². The van der Waals surface area contributed by atoms with Crippen molar-refractivity contribution in [1.29, 1.82) is 0 Å². The van der Waals surface area contributed by atoms with Gasteiger partial charge in [-0.2, -0.15) is 0 Å². The quantitative estimate of drug-likeness (QED) is 0.683. The van der Waals surface area contributed by atoms with Crippen LogP contribution in [0.1, 0.15) is 61.1 Å². The highest BCUT2D eigenvalue weighted by molar-refractivity contribution is 5.98. The second-order valence-electron chi connectivity index (χ2n) is 8.51. The molecule has 1 fully saturated rings. The Morgan fingerprint density at radius 1 is 1.00 bits per heavy atom. The molecule has 3 rings (SSSR count). The SMILES string of the molecule is CC(C)Cc1ccc([C@@H](C)NC(=O)CNC(=O)c2ccc(N3CCCC3=O)cc2)cc1. The molecule has 164 valence electrons. The van der Waals surface area contributed by atoms with E-state index in [0.717, 1.165) is 24.1 Å². The lowest BCUT2D eigenvalue weighted by Gasteiger charge is -2.16. The molecule has 1 saturated heterocycles.